The van der Waals surface area contributed by atoms with E-state index in [0.29, 0.717) is 12.2 Å². The first-order valence-corrected chi connectivity index (χ1v) is 6.42. The lowest BCUT2D eigenvalue weighted by Gasteiger charge is -2.23. The fourth-order valence-corrected chi connectivity index (χ4v) is 2.04. The lowest BCUT2D eigenvalue weighted by atomic mass is 10.1. The summed E-state index contributed by atoms with van der Waals surface area (Å²) in [5.74, 6) is -0.610. The topological polar surface area (TPSA) is 46.3 Å². The van der Waals surface area contributed by atoms with E-state index in [0.717, 1.165) is 11.1 Å². The molecule has 0 aromatic heterocycles. The van der Waals surface area contributed by atoms with Gasteiger partial charge in [0.15, 0.2) is 0 Å². The number of hydrogen-bond acceptors (Lipinski definition) is 2. The molecule has 1 amide bonds. The Bertz CT molecular complexity index is 613. The fraction of sp³-hybridized carbons (Fsp3) is 0.188. The molecule has 104 valence electrons. The molecule has 0 aliphatic rings. The van der Waals surface area contributed by atoms with Gasteiger partial charge in [0.2, 0.25) is 5.91 Å². The van der Waals surface area contributed by atoms with Crippen LogP contribution in [-0.2, 0) is 11.3 Å². The maximum absolute atomic E-state index is 13.3. The van der Waals surface area contributed by atoms with E-state index in [2.05, 4.69) is 0 Å². The van der Waals surface area contributed by atoms with Crippen LogP contribution in [0.3, 0.4) is 0 Å². The lowest BCUT2D eigenvalue weighted by Crippen LogP contribution is -2.35. The van der Waals surface area contributed by atoms with Gasteiger partial charge in [-0.25, -0.2) is 4.39 Å². The summed E-state index contributed by atoms with van der Waals surface area (Å²) in [6.07, 6.45) is 0. The van der Waals surface area contributed by atoms with Gasteiger partial charge in [0.1, 0.15) is 5.82 Å². The molecular weight excluding hydrogens is 255 g/mol. The quantitative estimate of drug-likeness (QED) is 0.930. The van der Waals surface area contributed by atoms with Crippen molar-refractivity contribution in [2.75, 3.05) is 11.4 Å². The highest BCUT2D eigenvalue weighted by atomic mass is 19.1. The molecule has 2 aromatic carbocycles. The zero-order valence-corrected chi connectivity index (χ0v) is 11.3. The van der Waals surface area contributed by atoms with Crippen LogP contribution in [0.5, 0.6) is 0 Å². The van der Waals surface area contributed by atoms with Gasteiger partial charge in [0, 0.05) is 5.69 Å². The van der Waals surface area contributed by atoms with Gasteiger partial charge in [-0.05, 0) is 36.2 Å². The van der Waals surface area contributed by atoms with Gasteiger partial charge in [0.25, 0.3) is 0 Å². The third-order valence-corrected chi connectivity index (χ3v) is 3.19. The average molecular weight is 272 g/mol. The first kappa shape index (κ1) is 14.2. The van der Waals surface area contributed by atoms with Gasteiger partial charge < -0.3 is 10.6 Å². The molecule has 0 unspecified atom stereocenters. The molecule has 2 aromatic rings. The normalized spacial score (nSPS) is 10.3. The van der Waals surface area contributed by atoms with Crippen molar-refractivity contribution in [1.82, 2.24) is 0 Å². The van der Waals surface area contributed by atoms with E-state index in [4.69, 9.17) is 5.73 Å². The Kier molecular flexibility index (Phi) is 4.48. The van der Waals surface area contributed by atoms with Crippen molar-refractivity contribution < 1.29 is 9.18 Å². The van der Waals surface area contributed by atoms with Gasteiger partial charge in [0.05, 0.1) is 13.1 Å². The molecule has 0 spiro atoms. The second-order valence-electron chi connectivity index (χ2n) is 4.59. The van der Waals surface area contributed by atoms with Crippen LogP contribution < -0.4 is 10.6 Å². The van der Waals surface area contributed by atoms with Crippen molar-refractivity contribution in [3.05, 3.63) is 65.5 Å². The Morgan fingerprint density at radius 1 is 1.20 bits per heavy atom. The third-order valence-electron chi connectivity index (χ3n) is 3.19. The molecule has 0 fully saturated rings. The minimum absolute atomic E-state index is 0.109. The Morgan fingerprint density at radius 3 is 2.60 bits per heavy atom. The van der Waals surface area contributed by atoms with Crippen molar-refractivity contribution in [1.29, 1.82) is 0 Å². The van der Waals surface area contributed by atoms with E-state index in [-0.39, 0.29) is 18.3 Å². The molecule has 2 rings (SSSR count). The minimum atomic E-state index is -0.373. The molecule has 2 N–H and O–H groups in total. The highest BCUT2D eigenvalue weighted by Gasteiger charge is 2.16. The van der Waals surface area contributed by atoms with Gasteiger partial charge in [-0.1, -0.05) is 30.3 Å². The van der Waals surface area contributed by atoms with Crippen LogP contribution in [-0.4, -0.2) is 12.5 Å². The molecule has 3 nitrogen and oxygen atoms in total. The van der Waals surface area contributed by atoms with E-state index in [1.54, 1.807) is 12.1 Å². The number of carbonyl (C=O) groups excluding carboxylic acids is 1. The van der Waals surface area contributed by atoms with E-state index in [1.807, 2.05) is 31.2 Å². The van der Waals surface area contributed by atoms with Crippen molar-refractivity contribution in [2.24, 2.45) is 5.73 Å². The zero-order chi connectivity index (χ0) is 14.5. The number of anilines is 1. The predicted molar refractivity (Wildman–Crippen MR) is 77.8 cm³/mol. The number of amides is 1. The molecular formula is C16H17FN2O. The number of aryl methyl sites for hydroxylation is 1. The number of halogens is 1. The summed E-state index contributed by atoms with van der Waals surface area (Å²) < 4.78 is 13.3. The van der Waals surface area contributed by atoms with Crippen LogP contribution in [0, 0.1) is 12.7 Å². The first-order valence-electron chi connectivity index (χ1n) is 6.42. The standard InChI is InChI=1S/C16H17FN2O/c1-12-5-2-3-6-13(12)11-19(16(20)10-18)15-8-4-7-14(17)9-15/h2-9H,10-11,18H2,1H3. The summed E-state index contributed by atoms with van der Waals surface area (Å²) in [4.78, 5) is 13.5. The number of nitrogens with zero attached hydrogens (tertiary/aromatic N) is 1. The largest absolute Gasteiger partial charge is 0.322 e. The van der Waals surface area contributed by atoms with Crippen LogP contribution in [0.2, 0.25) is 0 Å². The molecule has 4 heteroatoms. The number of hydrogen-bond donors (Lipinski definition) is 1. The molecule has 0 saturated heterocycles. The maximum Gasteiger partial charge on any atom is 0.241 e. The van der Waals surface area contributed by atoms with E-state index in [9.17, 15) is 9.18 Å². The highest BCUT2D eigenvalue weighted by molar-refractivity contribution is 5.94. The number of rotatable bonds is 4. The fourth-order valence-electron chi connectivity index (χ4n) is 2.04. The van der Waals surface area contributed by atoms with Gasteiger partial charge in [-0.3, -0.25) is 4.79 Å². The molecule has 0 aliphatic heterocycles. The van der Waals surface area contributed by atoms with Crippen LogP contribution in [0.1, 0.15) is 11.1 Å². The molecule has 20 heavy (non-hydrogen) atoms. The van der Waals surface area contributed by atoms with Crippen molar-refractivity contribution in [3.63, 3.8) is 0 Å². The first-order chi connectivity index (χ1) is 9.61. The molecule has 0 radical (unpaired) electrons. The second kappa shape index (κ2) is 6.30. The molecule has 0 aliphatic carbocycles. The third kappa shape index (κ3) is 3.22. The molecule has 0 saturated carbocycles. The van der Waals surface area contributed by atoms with Gasteiger partial charge in [-0.15, -0.1) is 0 Å². The SMILES string of the molecule is Cc1ccccc1CN(C(=O)CN)c1cccc(F)c1. The van der Waals surface area contributed by atoms with Crippen molar-refractivity contribution >= 4 is 11.6 Å². The van der Waals surface area contributed by atoms with Crippen molar-refractivity contribution in [3.8, 4) is 0 Å². The Balaban J connectivity index is 2.34. The van der Waals surface area contributed by atoms with Crippen molar-refractivity contribution in [2.45, 2.75) is 13.5 Å². The summed E-state index contributed by atoms with van der Waals surface area (Å²) in [5, 5.41) is 0. The molecule has 0 heterocycles. The molecule has 0 bridgehead atoms. The zero-order valence-electron chi connectivity index (χ0n) is 11.3. The number of carbonyl (C=O) groups is 1. The van der Waals surface area contributed by atoms with E-state index >= 15 is 0 Å². The Labute approximate surface area is 117 Å². The number of nitrogens with two attached hydrogens (primary N) is 1. The summed E-state index contributed by atoms with van der Waals surface area (Å²) in [6, 6.07) is 13.8. The van der Waals surface area contributed by atoms with E-state index < -0.39 is 0 Å². The van der Waals surface area contributed by atoms with Crippen LogP contribution >= 0.6 is 0 Å². The van der Waals surface area contributed by atoms with Crippen LogP contribution in [0.25, 0.3) is 0 Å². The smallest absolute Gasteiger partial charge is 0.241 e. The van der Waals surface area contributed by atoms with Gasteiger partial charge >= 0.3 is 0 Å². The highest BCUT2D eigenvalue weighted by Crippen LogP contribution is 2.20. The monoisotopic (exact) mass is 272 g/mol. The number of benzene rings is 2. The Morgan fingerprint density at radius 2 is 1.95 bits per heavy atom. The Hall–Kier alpha value is -2.20. The summed E-state index contributed by atoms with van der Waals surface area (Å²) in [5.41, 5.74) is 8.07. The van der Waals surface area contributed by atoms with Gasteiger partial charge in [-0.2, -0.15) is 0 Å². The minimum Gasteiger partial charge on any atom is -0.322 e. The lowest BCUT2D eigenvalue weighted by molar-refractivity contribution is -0.117. The maximum atomic E-state index is 13.3. The van der Waals surface area contributed by atoms with E-state index in [1.165, 1.54) is 17.0 Å². The summed E-state index contributed by atoms with van der Waals surface area (Å²) in [7, 11) is 0. The summed E-state index contributed by atoms with van der Waals surface area (Å²) in [6.45, 7) is 2.25. The molecule has 0 atom stereocenters. The second-order valence-corrected chi connectivity index (χ2v) is 4.59. The average Bonchev–Trinajstić information content (AvgIpc) is 2.45. The van der Waals surface area contributed by atoms with Crippen LogP contribution in [0.4, 0.5) is 10.1 Å². The summed E-state index contributed by atoms with van der Waals surface area (Å²) >= 11 is 0. The predicted octanol–water partition coefficient (Wildman–Crippen LogP) is 2.63. The van der Waals surface area contributed by atoms with Crippen LogP contribution in [0.15, 0.2) is 48.5 Å².